The predicted octanol–water partition coefficient (Wildman–Crippen LogP) is 3.69. The van der Waals surface area contributed by atoms with Crippen molar-refractivity contribution in [3.8, 4) is 23.3 Å². The Hall–Kier alpha value is -2.91. The van der Waals surface area contributed by atoms with Crippen LogP contribution in [0, 0.1) is 24.2 Å². The first-order valence-electron chi connectivity index (χ1n) is 9.89. The monoisotopic (exact) mass is 375 g/mol. The molecule has 3 heterocycles. The van der Waals surface area contributed by atoms with Crippen LogP contribution >= 0.6 is 0 Å². The first kappa shape index (κ1) is 18.5. The second kappa shape index (κ2) is 7.99. The van der Waals surface area contributed by atoms with E-state index >= 15 is 0 Å². The lowest BCUT2D eigenvalue weighted by Crippen LogP contribution is -2.37. The van der Waals surface area contributed by atoms with Crippen molar-refractivity contribution < 1.29 is 4.74 Å². The molecule has 1 aliphatic heterocycles. The van der Waals surface area contributed by atoms with Crippen molar-refractivity contribution in [1.82, 2.24) is 19.3 Å². The Morgan fingerprint density at radius 1 is 1.29 bits per heavy atom. The van der Waals surface area contributed by atoms with Crippen molar-refractivity contribution in [2.24, 2.45) is 5.92 Å². The van der Waals surface area contributed by atoms with Crippen molar-refractivity contribution in [2.45, 2.75) is 26.7 Å². The van der Waals surface area contributed by atoms with Crippen LogP contribution in [0.1, 0.15) is 30.9 Å². The summed E-state index contributed by atoms with van der Waals surface area (Å²) in [7, 11) is 0. The summed E-state index contributed by atoms with van der Waals surface area (Å²) < 4.78 is 8.12. The summed E-state index contributed by atoms with van der Waals surface area (Å²) in [4.78, 5) is 11.8. The van der Waals surface area contributed by atoms with Gasteiger partial charge >= 0.3 is 6.01 Å². The molecule has 1 unspecified atom stereocenters. The molecule has 0 saturated carbocycles. The van der Waals surface area contributed by atoms with Crippen LogP contribution in [-0.4, -0.2) is 45.5 Å². The van der Waals surface area contributed by atoms with Crippen LogP contribution in [0.3, 0.4) is 0 Å². The number of benzene rings is 1. The Morgan fingerprint density at radius 2 is 2.11 bits per heavy atom. The first-order chi connectivity index (χ1) is 13.7. The smallest absolute Gasteiger partial charge is 0.302 e. The molecule has 4 rings (SSSR count). The maximum Gasteiger partial charge on any atom is 0.302 e. The van der Waals surface area contributed by atoms with Gasteiger partial charge in [-0.15, -0.1) is 0 Å². The van der Waals surface area contributed by atoms with Gasteiger partial charge in [0.1, 0.15) is 5.65 Å². The van der Waals surface area contributed by atoms with Gasteiger partial charge in [-0.2, -0.15) is 10.2 Å². The van der Waals surface area contributed by atoms with Crippen LogP contribution in [0.5, 0.6) is 6.01 Å². The molecule has 6 heteroatoms. The Labute approximate surface area is 165 Å². The number of likely N-dealkylation sites (tertiary alicyclic amines) is 1. The molecule has 28 heavy (non-hydrogen) atoms. The number of piperidine rings is 1. The highest BCUT2D eigenvalue weighted by atomic mass is 16.5. The van der Waals surface area contributed by atoms with Crippen LogP contribution < -0.4 is 4.74 Å². The molecule has 2 aromatic heterocycles. The molecule has 1 fully saturated rings. The lowest BCUT2D eigenvalue weighted by molar-refractivity contribution is 0.129. The number of aryl methyl sites for hydroxylation is 1. The van der Waals surface area contributed by atoms with E-state index in [4.69, 9.17) is 15.0 Å². The summed E-state index contributed by atoms with van der Waals surface area (Å²) >= 11 is 0. The number of hydrogen-bond donors (Lipinski definition) is 0. The Morgan fingerprint density at radius 3 is 2.86 bits per heavy atom. The third-order valence-corrected chi connectivity index (χ3v) is 5.53. The molecule has 0 N–H and O–H groups in total. The van der Waals surface area contributed by atoms with Crippen LogP contribution in [0.15, 0.2) is 36.7 Å². The lowest BCUT2D eigenvalue weighted by Gasteiger charge is -2.31. The van der Waals surface area contributed by atoms with Gasteiger partial charge in [0.25, 0.3) is 0 Å². The largest absolute Gasteiger partial charge is 0.464 e. The van der Waals surface area contributed by atoms with Gasteiger partial charge in [0, 0.05) is 36.0 Å². The number of aromatic nitrogens is 3. The van der Waals surface area contributed by atoms with Crippen LogP contribution in [-0.2, 0) is 0 Å². The maximum absolute atomic E-state index is 9.04. The second-order valence-corrected chi connectivity index (χ2v) is 7.39. The fourth-order valence-corrected chi connectivity index (χ4v) is 3.93. The zero-order valence-electron chi connectivity index (χ0n) is 16.4. The van der Waals surface area contributed by atoms with E-state index in [1.165, 1.54) is 19.4 Å². The van der Waals surface area contributed by atoms with Gasteiger partial charge in [0.2, 0.25) is 0 Å². The average molecular weight is 375 g/mol. The molecule has 6 nitrogen and oxygen atoms in total. The SMILES string of the molecule is CCN1CCCC(COc2nc(-c3ccc(C#N)cc3)c(C)c3nccn23)C1. The summed E-state index contributed by atoms with van der Waals surface area (Å²) in [6.07, 6.45) is 6.09. The fraction of sp³-hybridized carbons (Fsp3) is 0.409. The van der Waals surface area contributed by atoms with Crippen LogP contribution in [0.2, 0.25) is 0 Å². The number of imidazole rings is 1. The molecule has 0 amide bonds. The number of ether oxygens (including phenoxy) is 1. The normalized spacial score (nSPS) is 17.5. The fourth-order valence-electron chi connectivity index (χ4n) is 3.93. The highest BCUT2D eigenvalue weighted by Crippen LogP contribution is 2.28. The molecule has 144 valence electrons. The summed E-state index contributed by atoms with van der Waals surface area (Å²) in [6, 6.07) is 10.2. The second-order valence-electron chi connectivity index (χ2n) is 7.39. The van der Waals surface area contributed by atoms with Gasteiger partial charge in [-0.3, -0.25) is 4.40 Å². The predicted molar refractivity (Wildman–Crippen MR) is 108 cm³/mol. The van der Waals surface area contributed by atoms with Gasteiger partial charge < -0.3 is 9.64 Å². The van der Waals surface area contributed by atoms with Gasteiger partial charge in [-0.05, 0) is 45.0 Å². The lowest BCUT2D eigenvalue weighted by atomic mass is 9.99. The molecule has 3 aromatic rings. The van der Waals surface area contributed by atoms with E-state index in [0.717, 1.165) is 35.6 Å². The van der Waals surface area contributed by atoms with Crippen LogP contribution in [0.4, 0.5) is 0 Å². The van der Waals surface area contributed by atoms with Gasteiger partial charge in [0.15, 0.2) is 0 Å². The highest BCUT2D eigenvalue weighted by molar-refractivity contribution is 5.70. The molecule has 1 saturated heterocycles. The summed E-state index contributed by atoms with van der Waals surface area (Å²) in [5.41, 5.74) is 4.29. The number of nitriles is 1. The first-order valence-corrected chi connectivity index (χ1v) is 9.89. The van der Waals surface area contributed by atoms with Crippen LogP contribution in [0.25, 0.3) is 16.9 Å². The zero-order chi connectivity index (χ0) is 19.5. The standard InChI is InChI=1S/C22H25N5O/c1-3-26-11-4-5-18(14-26)15-28-22-25-20(16(2)21-24-10-12-27(21)22)19-8-6-17(13-23)7-9-19/h6-10,12,18H,3-5,11,14-15H2,1-2H3. The minimum Gasteiger partial charge on any atom is -0.464 e. The van der Waals surface area contributed by atoms with Crippen molar-refractivity contribution >= 4 is 5.65 Å². The Bertz CT molecular complexity index is 1000. The van der Waals surface area contributed by atoms with E-state index in [1.54, 1.807) is 6.20 Å². The van der Waals surface area contributed by atoms with Crippen molar-refractivity contribution in [2.75, 3.05) is 26.2 Å². The van der Waals surface area contributed by atoms with Crippen molar-refractivity contribution in [3.63, 3.8) is 0 Å². The molecular formula is C22H25N5O. The number of nitrogens with zero attached hydrogens (tertiary/aromatic N) is 5. The van der Waals surface area contributed by atoms with E-state index < -0.39 is 0 Å². The zero-order valence-corrected chi connectivity index (χ0v) is 16.4. The average Bonchev–Trinajstić information content (AvgIpc) is 3.24. The quantitative estimate of drug-likeness (QED) is 0.680. The van der Waals surface area contributed by atoms with E-state index in [2.05, 4.69) is 22.9 Å². The Balaban J connectivity index is 1.63. The van der Waals surface area contributed by atoms with Gasteiger partial charge in [-0.25, -0.2) is 4.98 Å². The van der Waals surface area contributed by atoms with E-state index in [1.807, 2.05) is 41.8 Å². The molecular weight excluding hydrogens is 350 g/mol. The maximum atomic E-state index is 9.04. The summed E-state index contributed by atoms with van der Waals surface area (Å²) in [5, 5.41) is 9.04. The topological polar surface area (TPSA) is 66.5 Å². The third kappa shape index (κ3) is 3.58. The van der Waals surface area contributed by atoms with Crippen molar-refractivity contribution in [3.05, 3.63) is 47.8 Å². The number of fused-ring (bicyclic) bond motifs is 1. The van der Waals surface area contributed by atoms with E-state index in [0.29, 0.717) is 24.1 Å². The minimum absolute atomic E-state index is 0.522. The number of rotatable bonds is 5. The molecule has 1 aliphatic rings. The molecule has 0 bridgehead atoms. The van der Waals surface area contributed by atoms with Gasteiger partial charge in [-0.1, -0.05) is 19.1 Å². The van der Waals surface area contributed by atoms with Crippen molar-refractivity contribution in [1.29, 1.82) is 5.26 Å². The summed E-state index contributed by atoms with van der Waals surface area (Å²) in [6.45, 7) is 8.25. The molecule has 0 aliphatic carbocycles. The van der Waals surface area contributed by atoms with Gasteiger partial charge in [0.05, 0.1) is 23.9 Å². The highest BCUT2D eigenvalue weighted by Gasteiger charge is 2.21. The summed E-state index contributed by atoms with van der Waals surface area (Å²) in [5.74, 6) is 0.522. The Kier molecular flexibility index (Phi) is 5.27. The third-order valence-electron chi connectivity index (χ3n) is 5.53. The van der Waals surface area contributed by atoms with E-state index in [-0.39, 0.29) is 0 Å². The number of hydrogen-bond acceptors (Lipinski definition) is 5. The molecule has 0 radical (unpaired) electrons. The van der Waals surface area contributed by atoms with E-state index in [9.17, 15) is 0 Å². The molecule has 1 atom stereocenters. The molecule has 1 aromatic carbocycles. The minimum atomic E-state index is 0.522. The molecule has 0 spiro atoms.